The molecule has 3 aromatic rings. The van der Waals surface area contributed by atoms with Gasteiger partial charge in [0, 0.05) is 10.8 Å². The summed E-state index contributed by atoms with van der Waals surface area (Å²) in [5.41, 5.74) is 2.53. The molecule has 1 aromatic heterocycles. The van der Waals surface area contributed by atoms with Crippen molar-refractivity contribution < 1.29 is 0 Å². The van der Waals surface area contributed by atoms with E-state index in [-0.39, 0.29) is 0 Å². The first kappa shape index (κ1) is 13.4. The molecule has 0 spiro atoms. The summed E-state index contributed by atoms with van der Waals surface area (Å²) in [7, 11) is 0. The SMILES string of the molecule is CSC(=Nc1cccc2cc3ccccc3nc12)NC#N. The molecule has 0 unspecified atom stereocenters. The van der Waals surface area contributed by atoms with Crippen molar-refractivity contribution in [3.8, 4) is 6.19 Å². The topological polar surface area (TPSA) is 61.1 Å². The van der Waals surface area contributed by atoms with Crippen LogP contribution in [0.4, 0.5) is 5.69 Å². The third-order valence-electron chi connectivity index (χ3n) is 3.10. The van der Waals surface area contributed by atoms with Gasteiger partial charge in [0.25, 0.3) is 0 Å². The predicted molar refractivity (Wildman–Crippen MR) is 88.6 cm³/mol. The fraction of sp³-hybridized carbons (Fsp3) is 0.0625. The third-order valence-corrected chi connectivity index (χ3v) is 3.68. The Morgan fingerprint density at radius 1 is 1.19 bits per heavy atom. The van der Waals surface area contributed by atoms with Gasteiger partial charge in [-0.3, -0.25) is 5.32 Å². The maximum atomic E-state index is 8.73. The summed E-state index contributed by atoms with van der Waals surface area (Å²) in [6, 6.07) is 16.0. The molecule has 0 radical (unpaired) electrons. The number of nitrogens with zero attached hydrogens (tertiary/aromatic N) is 3. The smallest absolute Gasteiger partial charge is 0.183 e. The third kappa shape index (κ3) is 2.67. The molecule has 5 heteroatoms. The first-order chi connectivity index (χ1) is 10.3. The molecule has 2 aromatic carbocycles. The second-order valence-electron chi connectivity index (χ2n) is 4.39. The zero-order valence-corrected chi connectivity index (χ0v) is 12.2. The largest absolute Gasteiger partial charge is 0.271 e. The second-order valence-corrected chi connectivity index (χ2v) is 5.18. The predicted octanol–water partition coefficient (Wildman–Crippen LogP) is 3.81. The van der Waals surface area contributed by atoms with Gasteiger partial charge in [0.05, 0.1) is 16.7 Å². The Balaban J connectivity index is 2.24. The Hall–Kier alpha value is -2.58. The van der Waals surface area contributed by atoms with Crippen LogP contribution in [-0.4, -0.2) is 16.4 Å². The van der Waals surface area contributed by atoms with E-state index in [9.17, 15) is 0 Å². The molecule has 0 bridgehead atoms. The fourth-order valence-corrected chi connectivity index (χ4v) is 2.50. The van der Waals surface area contributed by atoms with Crippen LogP contribution in [0.3, 0.4) is 0 Å². The minimum absolute atomic E-state index is 0.556. The van der Waals surface area contributed by atoms with Crippen LogP contribution in [-0.2, 0) is 0 Å². The summed E-state index contributed by atoms with van der Waals surface area (Å²) in [6.45, 7) is 0. The molecule has 3 rings (SSSR count). The second kappa shape index (κ2) is 5.81. The van der Waals surface area contributed by atoms with Crippen LogP contribution in [0.15, 0.2) is 53.5 Å². The highest BCUT2D eigenvalue weighted by Crippen LogP contribution is 2.27. The number of fused-ring (bicyclic) bond motifs is 2. The van der Waals surface area contributed by atoms with Gasteiger partial charge in [0.15, 0.2) is 11.4 Å². The highest BCUT2D eigenvalue weighted by atomic mass is 32.2. The van der Waals surface area contributed by atoms with Crippen LogP contribution < -0.4 is 5.32 Å². The summed E-state index contributed by atoms with van der Waals surface area (Å²) in [6.07, 6.45) is 3.77. The van der Waals surface area contributed by atoms with Gasteiger partial charge in [0.1, 0.15) is 0 Å². The Labute approximate surface area is 126 Å². The van der Waals surface area contributed by atoms with Gasteiger partial charge >= 0.3 is 0 Å². The standard InChI is InChI=1S/C16H12N4S/c1-21-16(18-10-17)20-14-8-4-6-12-9-11-5-2-3-7-13(11)19-15(12)14/h2-9H,1H3,(H,18,20). The normalized spacial score (nSPS) is 11.5. The number of aliphatic imine (C=N–C) groups is 1. The molecule has 102 valence electrons. The van der Waals surface area contributed by atoms with Crippen molar-refractivity contribution in [3.63, 3.8) is 0 Å². The number of pyridine rings is 1. The van der Waals surface area contributed by atoms with Crippen LogP contribution in [0.1, 0.15) is 0 Å². The van der Waals surface area contributed by atoms with E-state index in [0.717, 1.165) is 27.5 Å². The van der Waals surface area contributed by atoms with Crippen LogP contribution in [0.25, 0.3) is 21.8 Å². The summed E-state index contributed by atoms with van der Waals surface area (Å²) >= 11 is 1.39. The van der Waals surface area contributed by atoms with E-state index in [1.165, 1.54) is 11.8 Å². The Bertz CT molecular complexity index is 880. The Kier molecular flexibility index (Phi) is 3.71. The molecule has 0 fully saturated rings. The van der Waals surface area contributed by atoms with Gasteiger partial charge in [-0.2, -0.15) is 5.26 Å². The van der Waals surface area contributed by atoms with Crippen molar-refractivity contribution in [2.75, 3.05) is 6.26 Å². The molecule has 1 N–H and O–H groups in total. The quantitative estimate of drug-likeness (QED) is 0.243. The lowest BCUT2D eigenvalue weighted by molar-refractivity contribution is 1.28. The number of hydrogen-bond acceptors (Lipinski definition) is 4. The number of amidine groups is 1. The van der Waals surface area contributed by atoms with Crippen molar-refractivity contribution in [3.05, 3.63) is 48.5 Å². The van der Waals surface area contributed by atoms with Gasteiger partial charge in [0.2, 0.25) is 0 Å². The van der Waals surface area contributed by atoms with Crippen molar-refractivity contribution in [1.29, 1.82) is 5.26 Å². The molecule has 0 amide bonds. The Morgan fingerprint density at radius 2 is 2.00 bits per heavy atom. The monoisotopic (exact) mass is 292 g/mol. The van der Waals surface area contributed by atoms with E-state index in [0.29, 0.717) is 5.17 Å². The van der Waals surface area contributed by atoms with E-state index in [4.69, 9.17) is 10.2 Å². The molecular weight excluding hydrogens is 280 g/mol. The first-order valence-corrected chi connectivity index (χ1v) is 7.60. The van der Waals surface area contributed by atoms with Gasteiger partial charge < -0.3 is 0 Å². The number of hydrogen-bond donors (Lipinski definition) is 1. The van der Waals surface area contributed by atoms with Crippen molar-refractivity contribution >= 4 is 44.4 Å². The van der Waals surface area contributed by atoms with Crippen molar-refractivity contribution in [1.82, 2.24) is 10.3 Å². The number of thioether (sulfide) groups is 1. The van der Waals surface area contributed by atoms with Crippen LogP contribution >= 0.6 is 11.8 Å². The van der Waals surface area contributed by atoms with Crippen LogP contribution in [0, 0.1) is 11.5 Å². The number of para-hydroxylation sites is 2. The summed E-state index contributed by atoms with van der Waals surface area (Å²) in [5, 5.41) is 14.0. The van der Waals surface area contributed by atoms with Gasteiger partial charge in [-0.05, 0) is 24.5 Å². The molecule has 0 aliphatic carbocycles. The summed E-state index contributed by atoms with van der Waals surface area (Å²) in [4.78, 5) is 9.18. The summed E-state index contributed by atoms with van der Waals surface area (Å²) < 4.78 is 0. The zero-order chi connectivity index (χ0) is 14.7. The van der Waals surface area contributed by atoms with Crippen molar-refractivity contribution in [2.45, 2.75) is 0 Å². The maximum Gasteiger partial charge on any atom is 0.183 e. The lowest BCUT2D eigenvalue weighted by Crippen LogP contribution is -2.12. The molecule has 1 heterocycles. The van der Waals surface area contributed by atoms with Gasteiger partial charge in [-0.15, -0.1) is 0 Å². The zero-order valence-electron chi connectivity index (χ0n) is 11.4. The number of aromatic nitrogens is 1. The van der Waals surface area contributed by atoms with E-state index < -0.39 is 0 Å². The number of rotatable bonds is 1. The van der Waals surface area contributed by atoms with E-state index in [1.807, 2.05) is 54.9 Å². The highest BCUT2D eigenvalue weighted by molar-refractivity contribution is 8.13. The molecule has 0 saturated heterocycles. The lowest BCUT2D eigenvalue weighted by atomic mass is 10.1. The minimum atomic E-state index is 0.556. The van der Waals surface area contributed by atoms with E-state index in [2.05, 4.69) is 16.4 Å². The number of nitriles is 1. The molecule has 0 aliphatic rings. The molecule has 21 heavy (non-hydrogen) atoms. The maximum absolute atomic E-state index is 8.73. The van der Waals surface area contributed by atoms with Crippen LogP contribution in [0.2, 0.25) is 0 Å². The number of nitrogens with one attached hydrogen (secondary N) is 1. The van der Waals surface area contributed by atoms with E-state index in [1.54, 1.807) is 0 Å². The Morgan fingerprint density at radius 3 is 2.81 bits per heavy atom. The van der Waals surface area contributed by atoms with Crippen LogP contribution in [0.5, 0.6) is 0 Å². The highest BCUT2D eigenvalue weighted by Gasteiger charge is 2.05. The molecule has 0 saturated carbocycles. The lowest BCUT2D eigenvalue weighted by Gasteiger charge is -2.05. The molecule has 0 aliphatic heterocycles. The first-order valence-electron chi connectivity index (χ1n) is 6.38. The van der Waals surface area contributed by atoms with Crippen molar-refractivity contribution in [2.24, 2.45) is 4.99 Å². The average molecular weight is 292 g/mol. The number of benzene rings is 2. The van der Waals surface area contributed by atoms with E-state index >= 15 is 0 Å². The van der Waals surface area contributed by atoms with Gasteiger partial charge in [-0.1, -0.05) is 42.1 Å². The molecule has 0 atom stereocenters. The van der Waals surface area contributed by atoms with Gasteiger partial charge in [-0.25, -0.2) is 9.98 Å². The minimum Gasteiger partial charge on any atom is -0.271 e. The summed E-state index contributed by atoms with van der Waals surface area (Å²) in [5.74, 6) is 0. The molecule has 4 nitrogen and oxygen atoms in total. The fourth-order valence-electron chi connectivity index (χ4n) is 2.16. The average Bonchev–Trinajstić information content (AvgIpc) is 2.53. The molecular formula is C16H12N4S.